The summed E-state index contributed by atoms with van der Waals surface area (Å²) >= 11 is 0. The molecule has 0 fully saturated rings. The molecule has 0 heterocycles. The predicted molar refractivity (Wildman–Crippen MR) is 99.6 cm³/mol. The zero-order valence-corrected chi connectivity index (χ0v) is 15.2. The fourth-order valence-electron chi connectivity index (χ4n) is 2.54. The second kappa shape index (κ2) is 8.87. The molecule has 2 heteroatoms. The van der Waals surface area contributed by atoms with Gasteiger partial charge in [-0.05, 0) is 48.1 Å². The Kier molecular flexibility index (Phi) is 7.50. The molecule has 1 aromatic carbocycles. The Morgan fingerprint density at radius 1 is 1.14 bits per heavy atom. The summed E-state index contributed by atoms with van der Waals surface area (Å²) < 4.78 is 0. The van der Waals surface area contributed by atoms with Gasteiger partial charge >= 0.3 is 0 Å². The SMILES string of the molecule is C=CNCCN(CCCC(C)(C)C)c1ccc(C(C)C)cc1. The third kappa shape index (κ3) is 7.02. The minimum atomic E-state index is 0.409. The van der Waals surface area contributed by atoms with Crippen molar-refractivity contribution in [1.29, 1.82) is 0 Å². The minimum absolute atomic E-state index is 0.409. The lowest BCUT2D eigenvalue weighted by Gasteiger charge is -2.27. The Hall–Kier alpha value is -1.44. The summed E-state index contributed by atoms with van der Waals surface area (Å²) in [7, 11) is 0. The first-order chi connectivity index (χ1) is 10.3. The number of hydrogen-bond donors (Lipinski definition) is 1. The largest absolute Gasteiger partial charge is 0.390 e. The van der Waals surface area contributed by atoms with Gasteiger partial charge in [0.1, 0.15) is 0 Å². The van der Waals surface area contributed by atoms with Gasteiger partial charge in [-0.15, -0.1) is 0 Å². The van der Waals surface area contributed by atoms with Gasteiger partial charge in [-0.2, -0.15) is 0 Å². The van der Waals surface area contributed by atoms with Gasteiger partial charge in [0.15, 0.2) is 0 Å². The lowest BCUT2D eigenvalue weighted by Crippen LogP contribution is -2.31. The third-order valence-corrected chi connectivity index (χ3v) is 3.95. The van der Waals surface area contributed by atoms with Gasteiger partial charge in [0.25, 0.3) is 0 Å². The molecule has 0 spiro atoms. The summed E-state index contributed by atoms with van der Waals surface area (Å²) in [6.07, 6.45) is 4.25. The van der Waals surface area contributed by atoms with Gasteiger partial charge in [-0.25, -0.2) is 0 Å². The van der Waals surface area contributed by atoms with Crippen molar-refractivity contribution in [1.82, 2.24) is 5.32 Å². The zero-order valence-electron chi connectivity index (χ0n) is 15.2. The first-order valence-electron chi connectivity index (χ1n) is 8.52. The Balaban J connectivity index is 2.68. The molecular weight excluding hydrogens is 268 g/mol. The average molecular weight is 303 g/mol. The fourth-order valence-corrected chi connectivity index (χ4v) is 2.54. The highest BCUT2D eigenvalue weighted by Crippen LogP contribution is 2.23. The van der Waals surface area contributed by atoms with Crippen LogP contribution in [0.4, 0.5) is 5.69 Å². The smallest absolute Gasteiger partial charge is 0.0366 e. The van der Waals surface area contributed by atoms with Crippen LogP contribution in [0.1, 0.15) is 58.9 Å². The highest BCUT2D eigenvalue weighted by Gasteiger charge is 2.12. The van der Waals surface area contributed by atoms with Crippen molar-refractivity contribution in [3.8, 4) is 0 Å². The summed E-state index contributed by atoms with van der Waals surface area (Å²) in [5.74, 6) is 0.589. The summed E-state index contributed by atoms with van der Waals surface area (Å²) in [6, 6.07) is 9.05. The summed E-state index contributed by atoms with van der Waals surface area (Å²) in [5, 5.41) is 3.21. The molecule has 0 radical (unpaired) electrons. The Bertz CT molecular complexity index is 426. The van der Waals surface area contributed by atoms with E-state index >= 15 is 0 Å². The van der Waals surface area contributed by atoms with Crippen LogP contribution in [-0.2, 0) is 0 Å². The Labute approximate surface area is 137 Å². The predicted octanol–water partition coefficient (Wildman–Crippen LogP) is 5.18. The highest BCUT2D eigenvalue weighted by atomic mass is 15.1. The van der Waals surface area contributed by atoms with Crippen LogP contribution in [0.15, 0.2) is 37.0 Å². The van der Waals surface area contributed by atoms with Crippen molar-refractivity contribution >= 4 is 5.69 Å². The molecule has 1 rings (SSSR count). The summed E-state index contributed by atoms with van der Waals surface area (Å²) in [5.41, 5.74) is 3.14. The Morgan fingerprint density at radius 2 is 1.77 bits per heavy atom. The van der Waals surface area contributed by atoms with E-state index in [4.69, 9.17) is 0 Å². The molecule has 1 N–H and O–H groups in total. The number of anilines is 1. The van der Waals surface area contributed by atoms with Crippen molar-refractivity contribution in [2.24, 2.45) is 5.41 Å². The monoisotopic (exact) mass is 302 g/mol. The standard InChI is InChI=1S/C20H34N2/c1-7-21-14-16-22(15-8-13-20(4,5)6)19-11-9-18(10-12-19)17(2)3/h7,9-12,17,21H,1,8,13-16H2,2-6H3. The maximum Gasteiger partial charge on any atom is 0.0366 e. The molecule has 0 aliphatic heterocycles. The van der Waals surface area contributed by atoms with Crippen molar-refractivity contribution in [2.75, 3.05) is 24.5 Å². The van der Waals surface area contributed by atoms with Crippen LogP contribution in [0.5, 0.6) is 0 Å². The van der Waals surface area contributed by atoms with Crippen LogP contribution >= 0.6 is 0 Å². The van der Waals surface area contributed by atoms with E-state index in [1.807, 2.05) is 0 Å². The molecule has 0 atom stereocenters. The second-order valence-corrected chi connectivity index (χ2v) is 7.56. The van der Waals surface area contributed by atoms with Crippen LogP contribution in [0, 0.1) is 5.41 Å². The van der Waals surface area contributed by atoms with Crippen molar-refractivity contribution in [2.45, 2.75) is 53.4 Å². The van der Waals surface area contributed by atoms with E-state index < -0.39 is 0 Å². The lowest BCUT2D eigenvalue weighted by atomic mass is 9.90. The van der Waals surface area contributed by atoms with E-state index in [2.05, 4.69) is 75.7 Å². The van der Waals surface area contributed by atoms with E-state index in [9.17, 15) is 0 Å². The zero-order chi connectivity index (χ0) is 16.6. The van der Waals surface area contributed by atoms with Crippen LogP contribution < -0.4 is 10.2 Å². The first-order valence-corrected chi connectivity index (χ1v) is 8.52. The summed E-state index contributed by atoms with van der Waals surface area (Å²) in [4.78, 5) is 2.48. The molecule has 0 aliphatic rings. The van der Waals surface area contributed by atoms with Gasteiger partial charge in [0, 0.05) is 25.3 Å². The van der Waals surface area contributed by atoms with E-state index in [1.165, 1.54) is 24.1 Å². The molecular formula is C20H34N2. The van der Waals surface area contributed by atoms with Crippen LogP contribution in [0.2, 0.25) is 0 Å². The second-order valence-electron chi connectivity index (χ2n) is 7.56. The normalized spacial score (nSPS) is 11.5. The molecule has 124 valence electrons. The first kappa shape index (κ1) is 18.6. The van der Waals surface area contributed by atoms with Gasteiger partial charge in [0.05, 0.1) is 0 Å². The quantitative estimate of drug-likeness (QED) is 0.633. The molecule has 0 saturated heterocycles. The third-order valence-electron chi connectivity index (χ3n) is 3.95. The maximum atomic E-state index is 3.73. The number of nitrogens with zero attached hydrogens (tertiary/aromatic N) is 1. The number of hydrogen-bond acceptors (Lipinski definition) is 2. The van der Waals surface area contributed by atoms with Gasteiger partial charge < -0.3 is 10.2 Å². The van der Waals surface area contributed by atoms with E-state index in [0.717, 1.165) is 19.6 Å². The van der Waals surface area contributed by atoms with Gasteiger partial charge in [-0.1, -0.05) is 53.3 Å². The minimum Gasteiger partial charge on any atom is -0.390 e. The average Bonchev–Trinajstić information content (AvgIpc) is 2.45. The molecule has 0 unspecified atom stereocenters. The lowest BCUT2D eigenvalue weighted by molar-refractivity contribution is 0.366. The molecule has 2 nitrogen and oxygen atoms in total. The fraction of sp³-hybridized carbons (Fsp3) is 0.600. The molecule has 0 aliphatic carbocycles. The van der Waals surface area contributed by atoms with Crippen molar-refractivity contribution < 1.29 is 0 Å². The summed E-state index contributed by atoms with van der Waals surface area (Å²) in [6.45, 7) is 18.2. The molecule has 22 heavy (non-hydrogen) atoms. The highest BCUT2D eigenvalue weighted by molar-refractivity contribution is 5.48. The van der Waals surface area contributed by atoms with Crippen LogP contribution in [-0.4, -0.2) is 19.6 Å². The number of rotatable bonds is 9. The molecule has 0 bridgehead atoms. The molecule has 0 amide bonds. The van der Waals surface area contributed by atoms with E-state index in [0.29, 0.717) is 11.3 Å². The van der Waals surface area contributed by atoms with Crippen LogP contribution in [0.3, 0.4) is 0 Å². The van der Waals surface area contributed by atoms with Crippen LogP contribution in [0.25, 0.3) is 0 Å². The van der Waals surface area contributed by atoms with Gasteiger partial charge in [-0.3, -0.25) is 0 Å². The van der Waals surface area contributed by atoms with E-state index in [1.54, 1.807) is 6.20 Å². The Morgan fingerprint density at radius 3 is 2.27 bits per heavy atom. The molecule has 0 saturated carbocycles. The number of nitrogens with one attached hydrogen (secondary N) is 1. The van der Waals surface area contributed by atoms with Crippen molar-refractivity contribution in [3.63, 3.8) is 0 Å². The van der Waals surface area contributed by atoms with Crippen molar-refractivity contribution in [3.05, 3.63) is 42.6 Å². The van der Waals surface area contributed by atoms with Gasteiger partial charge in [0.2, 0.25) is 0 Å². The van der Waals surface area contributed by atoms with E-state index in [-0.39, 0.29) is 0 Å². The topological polar surface area (TPSA) is 15.3 Å². The number of benzene rings is 1. The molecule has 1 aromatic rings. The maximum absolute atomic E-state index is 3.73. The molecule has 0 aromatic heterocycles.